The van der Waals surface area contributed by atoms with Crippen LogP contribution in [0.1, 0.15) is 43.7 Å². The molecule has 0 saturated carbocycles. The first-order valence-electron chi connectivity index (χ1n) is 27.7. The van der Waals surface area contributed by atoms with E-state index in [0.29, 0.717) is 0 Å². The molecule has 7 aliphatic rings. The molecule has 8 heteroatoms. The molecule has 28 aromatic carbocycles. The van der Waals surface area contributed by atoms with Crippen LogP contribution in [0.15, 0.2) is 29.2 Å². The summed E-state index contributed by atoms with van der Waals surface area (Å²) in [5.74, 6) is -2.39. The van der Waals surface area contributed by atoms with Gasteiger partial charge in [-0.15, -0.1) is 0 Å². The fourth-order valence-electron chi connectivity index (χ4n) is 26.1. The van der Waals surface area contributed by atoms with Crippen LogP contribution in [0.5, 0.6) is 0 Å². The van der Waals surface area contributed by atoms with Gasteiger partial charge in [0.15, 0.2) is 0 Å². The van der Waals surface area contributed by atoms with Gasteiger partial charge >= 0.3 is 11.9 Å². The third-order valence-electron chi connectivity index (χ3n) is 26.5. The number of benzene rings is 18. The van der Waals surface area contributed by atoms with E-state index in [1.54, 1.807) is 0 Å². The Bertz CT molecular complexity index is 8090. The van der Waals surface area contributed by atoms with Gasteiger partial charge in [-0.2, -0.15) is 4.31 Å². The molecule has 2 aliphatic heterocycles. The zero-order valence-corrected chi connectivity index (χ0v) is 39.8. The zero-order valence-electron chi connectivity index (χ0n) is 39.0. The second kappa shape index (κ2) is 7.08. The van der Waals surface area contributed by atoms with E-state index in [0.717, 1.165) is 16.7 Å². The maximum Gasteiger partial charge on any atom is 0.335 e. The molecule has 78 heavy (non-hydrogen) atoms. The SMILES string of the molecule is O=C(O)c1cccc(S(=O)(=O)N2CC34c5c6c7c8c9c%10c%11c%12c(c3c3c%13c4c4c%14c5c7c5c7c%14c%14c4c4c%13c%13c%15c3c%12c3c%12c%11c%11c9c9c8c5c5c7c7c%14c8c4c%13c4c(c%153)c3c%12c%11c%11c9c5c5c%11c3c4c8c75)C6%10C2C(=O)O)c1. The number of aromatic carboxylic acids is 1. The first-order valence-corrected chi connectivity index (χ1v) is 29.1. The summed E-state index contributed by atoms with van der Waals surface area (Å²) >= 11 is 0. The van der Waals surface area contributed by atoms with E-state index >= 15 is 13.2 Å². The summed E-state index contributed by atoms with van der Waals surface area (Å²) in [5, 5.41) is 95.2. The van der Waals surface area contributed by atoms with E-state index in [4.69, 9.17) is 0 Å². The Kier molecular flexibility index (Phi) is 2.81. The Morgan fingerprint density at radius 3 is 0.962 bits per heavy atom. The molecule has 5 aliphatic carbocycles. The molecular formula is C70H9NO6S. The number of carboxylic acid groups (broad SMARTS) is 2. The van der Waals surface area contributed by atoms with Crippen LogP contribution in [0.25, 0.3) is 280 Å². The van der Waals surface area contributed by atoms with Crippen molar-refractivity contribution in [2.24, 2.45) is 0 Å². The minimum Gasteiger partial charge on any atom is -0.480 e. The highest BCUT2D eigenvalue weighted by Crippen LogP contribution is 2.85. The van der Waals surface area contributed by atoms with Crippen LogP contribution in [0, 0.1) is 0 Å². The van der Waals surface area contributed by atoms with Gasteiger partial charge in [-0.3, -0.25) is 4.79 Å². The van der Waals surface area contributed by atoms with Crippen molar-refractivity contribution in [2.75, 3.05) is 6.54 Å². The predicted octanol–water partition coefficient (Wildman–Crippen LogP) is 15.8. The van der Waals surface area contributed by atoms with Crippen LogP contribution in [-0.2, 0) is 25.6 Å². The second-order valence-electron chi connectivity index (χ2n) is 27.1. The van der Waals surface area contributed by atoms with Gasteiger partial charge in [-0.1, -0.05) is 6.07 Å². The monoisotopic (exact) mass is 991 g/mol. The number of nitrogens with zero attached hydrogens (tertiary/aromatic N) is 1. The minimum absolute atomic E-state index is 0.0982. The van der Waals surface area contributed by atoms with Crippen LogP contribution in [0.2, 0.25) is 0 Å². The van der Waals surface area contributed by atoms with E-state index in [1.165, 1.54) is 325 Å². The second-order valence-corrected chi connectivity index (χ2v) is 29.0. The summed E-state index contributed by atoms with van der Waals surface area (Å²) in [5.41, 5.74) is 4.07. The average Bonchev–Trinajstić information content (AvgIpc) is 1.63. The van der Waals surface area contributed by atoms with Crippen molar-refractivity contribution in [3.05, 3.63) is 63.2 Å². The Labute approximate surface area is 423 Å². The van der Waals surface area contributed by atoms with Crippen LogP contribution >= 0.6 is 0 Å². The number of fused-ring (bicyclic) bond motifs is 2. The molecule has 0 saturated heterocycles. The lowest BCUT2D eigenvalue weighted by molar-refractivity contribution is -0.142. The van der Waals surface area contributed by atoms with Gasteiger partial charge < -0.3 is 10.2 Å². The highest BCUT2D eigenvalue weighted by Gasteiger charge is 2.74. The fourth-order valence-corrected chi connectivity index (χ4v) is 27.8. The molecule has 2 spiro atoms. The summed E-state index contributed by atoms with van der Waals surface area (Å²) in [7, 11) is -4.77. The van der Waals surface area contributed by atoms with E-state index in [1.807, 2.05) is 0 Å². The topological polar surface area (TPSA) is 112 Å². The van der Waals surface area contributed by atoms with Crippen LogP contribution in [0.3, 0.4) is 0 Å². The molecule has 7 nitrogen and oxygen atoms in total. The van der Waals surface area contributed by atoms with Gasteiger partial charge in [0.25, 0.3) is 0 Å². The third kappa shape index (κ3) is 1.72. The summed E-state index contributed by atoms with van der Waals surface area (Å²) in [6, 6.07) is 4.09. The summed E-state index contributed by atoms with van der Waals surface area (Å²) in [6.07, 6.45) is 0. The van der Waals surface area contributed by atoms with Crippen molar-refractivity contribution in [1.82, 2.24) is 4.31 Å². The Morgan fingerprint density at radius 1 is 0.359 bits per heavy atom. The summed E-state index contributed by atoms with van der Waals surface area (Å²) in [6.45, 7) is -0.0982. The Morgan fingerprint density at radius 2 is 0.615 bits per heavy atom. The van der Waals surface area contributed by atoms with Crippen LogP contribution < -0.4 is 0 Å². The van der Waals surface area contributed by atoms with E-state index in [9.17, 15) is 15.0 Å². The predicted molar refractivity (Wildman–Crippen MR) is 311 cm³/mol. The van der Waals surface area contributed by atoms with E-state index < -0.39 is 38.8 Å². The number of hydrogen-bond acceptors (Lipinski definition) is 4. The lowest BCUT2D eigenvalue weighted by atomic mass is 9.53. The molecule has 3 unspecified atom stereocenters. The molecule has 2 bridgehead atoms. The largest absolute Gasteiger partial charge is 0.480 e. The lowest BCUT2D eigenvalue weighted by Gasteiger charge is -2.46. The fraction of sp³-hybridized carbons (Fsp3) is 0.0571. The molecule has 28 aromatic rings. The number of aliphatic carboxylic acids is 1. The van der Waals surface area contributed by atoms with Crippen molar-refractivity contribution >= 4 is 302 Å². The quantitative estimate of drug-likeness (QED) is 0.170. The smallest absolute Gasteiger partial charge is 0.335 e. The van der Waals surface area contributed by atoms with Gasteiger partial charge in [0.2, 0.25) is 10.0 Å². The third-order valence-corrected chi connectivity index (χ3v) is 28.3. The van der Waals surface area contributed by atoms with Gasteiger partial charge in [-0.05, 0) is 332 Å². The molecule has 35 rings (SSSR count). The lowest BCUT2D eigenvalue weighted by Crippen LogP contribution is -2.56. The van der Waals surface area contributed by atoms with Crippen molar-refractivity contribution < 1.29 is 28.2 Å². The average molecular weight is 992 g/mol. The van der Waals surface area contributed by atoms with Gasteiger partial charge in [0.05, 0.1) is 21.3 Å². The summed E-state index contributed by atoms with van der Waals surface area (Å²) in [4.78, 5) is 28.5. The molecule has 0 radical (unpaired) electrons. The highest BCUT2D eigenvalue weighted by atomic mass is 32.2. The molecule has 3 atom stereocenters. The van der Waals surface area contributed by atoms with Gasteiger partial charge in [-0.25, -0.2) is 13.2 Å². The molecule has 2 N–H and O–H groups in total. The van der Waals surface area contributed by atoms with Crippen molar-refractivity contribution in [2.45, 2.75) is 21.8 Å². The van der Waals surface area contributed by atoms with Crippen molar-refractivity contribution in [3.63, 3.8) is 0 Å². The summed E-state index contributed by atoms with van der Waals surface area (Å²) < 4.78 is 35.0. The maximum atomic E-state index is 16.7. The van der Waals surface area contributed by atoms with Gasteiger partial charge in [0, 0.05) is 6.54 Å². The molecule has 0 amide bonds. The minimum atomic E-state index is -4.77. The number of carboxylic acids is 2. The first kappa shape index (κ1) is 30.9. The van der Waals surface area contributed by atoms with Crippen molar-refractivity contribution in [3.8, 4) is 0 Å². The van der Waals surface area contributed by atoms with Gasteiger partial charge in [0.1, 0.15) is 6.04 Å². The first-order chi connectivity index (χ1) is 38.3. The molecule has 0 aromatic heterocycles. The molecule has 0 fully saturated rings. The zero-order chi connectivity index (χ0) is 48.0. The molecule has 2 heterocycles. The standard InChI is InChI=1S/C70H9NO6S/c72-67(73)6-2-1-3-7(4-6)78(76,77)71-5-69-60-52-43-36-23-16-10-11-13-9-8-12(10)21(23)27-25-14(8)18-15(9)26-28-22(13)24-17(11)20-19(16)30-38-31(20)40-37(24)44-42(28)46-33(26)35-29(18)34-32(25)45(41(27)43)56(60)58-47(34)48(35)59-57(46)61-53(44)50(40)55-51(38)54(49(52)39(30)36)62(69)64(55)70(61,65(59)63(58)69)66(71)68(74)75/h1-4,66H,5H2,(H,72,73)(H,74,75). The Hall–Kier alpha value is -9.47. The number of carbonyl (C=O) groups is 2. The number of sulfonamides is 1. The van der Waals surface area contributed by atoms with E-state index in [2.05, 4.69) is 0 Å². The molecular weight excluding hydrogens is 983 g/mol. The van der Waals surface area contributed by atoms with Crippen molar-refractivity contribution in [1.29, 1.82) is 0 Å². The number of rotatable bonds is 4. The normalized spacial score (nSPS) is 22.8. The Balaban J connectivity index is 1.07. The maximum absolute atomic E-state index is 16.7. The van der Waals surface area contributed by atoms with Crippen LogP contribution in [0.4, 0.5) is 0 Å². The highest BCUT2D eigenvalue weighted by molar-refractivity contribution is 7.89. The number of hydrogen-bond donors (Lipinski definition) is 2. The molecule has 336 valence electrons. The van der Waals surface area contributed by atoms with E-state index in [-0.39, 0.29) is 17.0 Å². The van der Waals surface area contributed by atoms with Crippen LogP contribution in [-0.4, -0.2) is 47.5 Å².